The number of nitrogens with one attached hydrogen (secondary N) is 1. The summed E-state index contributed by atoms with van der Waals surface area (Å²) in [5.74, 6) is 1.30. The minimum atomic E-state index is -0.0117. The Balaban J connectivity index is 1.48. The van der Waals surface area contributed by atoms with Gasteiger partial charge in [0.2, 0.25) is 0 Å². The lowest BCUT2D eigenvalue weighted by Gasteiger charge is -2.23. The number of likely N-dealkylation sites (tertiary alicyclic amines) is 1. The van der Waals surface area contributed by atoms with E-state index >= 15 is 0 Å². The van der Waals surface area contributed by atoms with Crippen molar-refractivity contribution in [1.29, 1.82) is 5.26 Å². The van der Waals surface area contributed by atoms with E-state index in [1.165, 1.54) is 11.1 Å². The number of hydrogen-bond donors (Lipinski definition) is 1. The minimum Gasteiger partial charge on any atom is -0.490 e. The van der Waals surface area contributed by atoms with E-state index < -0.39 is 0 Å². The van der Waals surface area contributed by atoms with Crippen LogP contribution in [0.4, 0.5) is 4.79 Å². The van der Waals surface area contributed by atoms with Crippen LogP contribution in [0.15, 0.2) is 80.3 Å². The Morgan fingerprint density at radius 2 is 2.15 bits per heavy atom. The molecule has 1 saturated carbocycles. The fraction of sp³-hybridized carbons (Fsp3) is 0.484. The molecule has 0 bridgehead atoms. The molecule has 1 heterocycles. The first kappa shape index (κ1) is 29.6. The molecule has 9 heteroatoms. The fourth-order valence-electron chi connectivity index (χ4n) is 5.41. The molecule has 1 N–H and O–H groups in total. The maximum Gasteiger partial charge on any atom is 0.317 e. The van der Waals surface area contributed by atoms with Crippen LogP contribution in [-0.4, -0.2) is 78.7 Å². The van der Waals surface area contributed by atoms with E-state index in [0.717, 1.165) is 55.0 Å². The molecule has 212 valence electrons. The lowest BCUT2D eigenvalue weighted by atomic mass is 10.0. The Morgan fingerprint density at radius 3 is 2.85 bits per heavy atom. The summed E-state index contributed by atoms with van der Waals surface area (Å²) < 4.78 is 5.84. The second kappa shape index (κ2) is 13.8. The molecule has 2 fully saturated rings. The van der Waals surface area contributed by atoms with Gasteiger partial charge in [0.15, 0.2) is 0 Å². The molecule has 3 aliphatic carbocycles. The van der Waals surface area contributed by atoms with Crippen LogP contribution in [0.25, 0.3) is 0 Å². The number of carbonyl (C=O) groups is 1. The minimum absolute atomic E-state index is 0.00670. The summed E-state index contributed by atoms with van der Waals surface area (Å²) in [6.45, 7) is 9.08. The average Bonchev–Trinajstić information content (AvgIpc) is 3.46. The number of ether oxygens (including phenoxy) is 1. The number of thioether (sulfide) groups is 1. The van der Waals surface area contributed by atoms with Gasteiger partial charge in [-0.05, 0) is 77.3 Å². The molecular weight excluding hydrogens is 520 g/mol. The third kappa shape index (κ3) is 7.23. The maximum atomic E-state index is 13.1. The van der Waals surface area contributed by atoms with Crippen LogP contribution in [0.5, 0.6) is 0 Å². The van der Waals surface area contributed by atoms with Crippen molar-refractivity contribution in [2.75, 3.05) is 32.9 Å². The van der Waals surface area contributed by atoms with Crippen molar-refractivity contribution in [3.8, 4) is 6.07 Å². The Labute approximate surface area is 242 Å². The zero-order valence-corrected chi connectivity index (χ0v) is 24.8. The van der Waals surface area contributed by atoms with Gasteiger partial charge in [0.1, 0.15) is 16.9 Å². The Hall–Kier alpha value is -3.35. The van der Waals surface area contributed by atoms with Gasteiger partial charge in [-0.25, -0.2) is 4.79 Å². The van der Waals surface area contributed by atoms with E-state index in [-0.39, 0.29) is 18.2 Å². The number of nitrogens with zero attached hydrogens (tertiary/aromatic N) is 5. The zero-order valence-electron chi connectivity index (χ0n) is 24.0. The van der Waals surface area contributed by atoms with Gasteiger partial charge in [0.05, 0.1) is 17.7 Å². The number of carbonyl (C=O) groups excluding carboxylic acids is 1. The average molecular weight is 561 g/mol. The van der Waals surface area contributed by atoms with Crippen LogP contribution in [0, 0.1) is 11.3 Å². The summed E-state index contributed by atoms with van der Waals surface area (Å²) in [6.07, 6.45) is 16.6. The van der Waals surface area contributed by atoms with Crippen LogP contribution < -0.4 is 5.32 Å². The van der Waals surface area contributed by atoms with Gasteiger partial charge in [0, 0.05) is 37.2 Å². The molecule has 1 aliphatic heterocycles. The third-order valence-electron chi connectivity index (χ3n) is 7.54. The van der Waals surface area contributed by atoms with E-state index in [1.54, 1.807) is 11.8 Å². The highest BCUT2D eigenvalue weighted by molar-refractivity contribution is 8.14. The number of nitriles is 1. The number of fused-ring (bicyclic) bond motifs is 1. The molecule has 0 spiro atoms. The first-order valence-electron chi connectivity index (χ1n) is 14.0. The summed E-state index contributed by atoms with van der Waals surface area (Å²) in [6, 6.07) is 2.67. The maximum absolute atomic E-state index is 13.1. The molecule has 2 atom stereocenters. The molecule has 40 heavy (non-hydrogen) atoms. The fourth-order valence-corrected chi connectivity index (χ4v) is 6.41. The SMILES string of the molecule is C=N/N=C(\SCC1=CC=C(OC(C)C)C(C#N)=CC1)C1=C2CCC(NC(=O)N3CC[C@@H](N(C)C)C3)C2=CCC=C1. The summed E-state index contributed by atoms with van der Waals surface area (Å²) in [5, 5.41) is 22.0. The summed E-state index contributed by atoms with van der Waals surface area (Å²) in [7, 11) is 4.14. The van der Waals surface area contributed by atoms with Crippen molar-refractivity contribution in [3.05, 3.63) is 70.1 Å². The normalized spacial score (nSPS) is 23.1. The number of allylic oxidation sites excluding steroid dienone is 7. The first-order chi connectivity index (χ1) is 19.3. The van der Waals surface area contributed by atoms with Gasteiger partial charge >= 0.3 is 6.03 Å². The highest BCUT2D eigenvalue weighted by Crippen LogP contribution is 2.38. The van der Waals surface area contributed by atoms with E-state index in [2.05, 4.69) is 65.5 Å². The van der Waals surface area contributed by atoms with Crippen molar-refractivity contribution in [3.63, 3.8) is 0 Å². The third-order valence-corrected chi connectivity index (χ3v) is 8.63. The van der Waals surface area contributed by atoms with Crippen LogP contribution in [0.3, 0.4) is 0 Å². The van der Waals surface area contributed by atoms with Gasteiger partial charge in [-0.15, -0.1) is 5.10 Å². The van der Waals surface area contributed by atoms with Gasteiger partial charge in [-0.1, -0.05) is 47.7 Å². The van der Waals surface area contributed by atoms with Crippen LogP contribution in [0.2, 0.25) is 0 Å². The van der Waals surface area contributed by atoms with Gasteiger partial charge in [0.25, 0.3) is 0 Å². The topological polar surface area (TPSA) is 93.3 Å². The molecule has 0 aromatic heterocycles. The number of amides is 2. The summed E-state index contributed by atoms with van der Waals surface area (Å²) in [5.41, 5.74) is 5.17. The summed E-state index contributed by atoms with van der Waals surface area (Å²) >= 11 is 1.62. The molecule has 1 saturated heterocycles. The lowest BCUT2D eigenvalue weighted by Crippen LogP contribution is -2.44. The second-order valence-corrected chi connectivity index (χ2v) is 11.8. The number of hydrogen-bond acceptors (Lipinski definition) is 7. The van der Waals surface area contributed by atoms with Crippen molar-refractivity contribution in [2.45, 2.75) is 64.1 Å². The molecule has 1 unspecified atom stereocenters. The molecule has 0 aromatic rings. The van der Waals surface area contributed by atoms with Gasteiger partial charge in [-0.3, -0.25) is 0 Å². The molecule has 0 radical (unpaired) electrons. The number of urea groups is 1. The van der Waals surface area contributed by atoms with Gasteiger partial charge < -0.3 is 19.9 Å². The Bertz CT molecular complexity index is 1260. The van der Waals surface area contributed by atoms with Crippen LogP contribution in [-0.2, 0) is 4.74 Å². The molecule has 4 aliphatic rings. The van der Waals surface area contributed by atoms with Crippen LogP contribution >= 0.6 is 11.8 Å². The predicted octanol–water partition coefficient (Wildman–Crippen LogP) is 5.51. The molecular formula is C31H40N6O2S. The number of likely N-dealkylation sites (N-methyl/N-ethyl adjacent to an activating group) is 1. The summed E-state index contributed by atoms with van der Waals surface area (Å²) in [4.78, 5) is 17.3. The number of rotatable bonds is 8. The van der Waals surface area contributed by atoms with Crippen molar-refractivity contribution >= 4 is 29.6 Å². The second-order valence-electron chi connectivity index (χ2n) is 10.9. The molecule has 0 aromatic carbocycles. The van der Waals surface area contributed by atoms with E-state index in [4.69, 9.17) is 4.74 Å². The standard InChI is InChI=1S/C31H40N6O2S/c1-21(2)39-29-15-11-22(10-12-23(29)18-32)20-40-30(35-33-3)27-9-7-6-8-26-25(27)13-14-28(26)34-31(38)37-17-16-24(19-37)36(4)5/h7-9,11-12,15,21,24,28H,3,6,10,13-14,16-17,19-20H2,1-2,4-5H3,(H,34,38)/b35-30-/t24-,28?/m1/s1. The van der Waals surface area contributed by atoms with Crippen molar-refractivity contribution < 1.29 is 9.53 Å². The highest BCUT2D eigenvalue weighted by Gasteiger charge is 2.33. The van der Waals surface area contributed by atoms with E-state index in [1.807, 2.05) is 37.0 Å². The highest BCUT2D eigenvalue weighted by atomic mass is 32.2. The van der Waals surface area contributed by atoms with Gasteiger partial charge in [-0.2, -0.15) is 10.4 Å². The Morgan fingerprint density at radius 1 is 1.32 bits per heavy atom. The monoisotopic (exact) mass is 560 g/mol. The Kier molecular flexibility index (Phi) is 10.2. The molecule has 8 nitrogen and oxygen atoms in total. The zero-order chi connectivity index (χ0) is 28.6. The van der Waals surface area contributed by atoms with Crippen molar-refractivity contribution in [1.82, 2.24) is 15.1 Å². The van der Waals surface area contributed by atoms with Crippen molar-refractivity contribution in [2.24, 2.45) is 10.2 Å². The van der Waals surface area contributed by atoms with Crippen LogP contribution in [0.1, 0.15) is 46.0 Å². The quantitative estimate of drug-likeness (QED) is 0.240. The lowest BCUT2D eigenvalue weighted by molar-refractivity contribution is 0.155. The molecule has 4 rings (SSSR count). The first-order valence-corrected chi connectivity index (χ1v) is 14.9. The predicted molar refractivity (Wildman–Crippen MR) is 164 cm³/mol. The smallest absolute Gasteiger partial charge is 0.317 e. The van der Waals surface area contributed by atoms with E-state index in [9.17, 15) is 10.1 Å². The largest absolute Gasteiger partial charge is 0.490 e. The molecule has 2 amide bonds. The van der Waals surface area contributed by atoms with E-state index in [0.29, 0.717) is 29.5 Å².